The van der Waals surface area contributed by atoms with E-state index in [1.54, 1.807) is 6.20 Å². The Morgan fingerprint density at radius 3 is 2.88 bits per heavy atom. The van der Waals surface area contributed by atoms with Crippen LogP contribution < -0.4 is 0 Å². The number of aryl methyl sites for hydroxylation is 4. The number of likely N-dealkylation sites (tertiary alicyclic amines) is 1. The predicted octanol–water partition coefficient (Wildman–Crippen LogP) is 3.76. The lowest BCUT2D eigenvalue weighted by Crippen LogP contribution is -2.40. The molecule has 4 nitrogen and oxygen atoms in total. The quantitative estimate of drug-likeness (QED) is 0.804. The Balaban J connectivity index is 1.48. The molecule has 0 bridgehead atoms. The van der Waals surface area contributed by atoms with Gasteiger partial charge in [-0.2, -0.15) is 0 Å². The van der Waals surface area contributed by atoms with Crippen LogP contribution in [0.5, 0.6) is 0 Å². The van der Waals surface area contributed by atoms with E-state index in [-0.39, 0.29) is 5.91 Å². The second-order valence-electron chi connectivity index (χ2n) is 7.23. The summed E-state index contributed by atoms with van der Waals surface area (Å²) in [5, 5.41) is 0. The first kappa shape index (κ1) is 17.7. The minimum atomic E-state index is 0.286. The van der Waals surface area contributed by atoms with E-state index in [0.717, 1.165) is 38.3 Å². The maximum Gasteiger partial charge on any atom is 0.224 e. The standard InChI is InChI=1S/C21H29N3O/c1-17-6-3-4-8-20(17)10-9-19-7-5-13-24(16-19)21(25)11-14-23-15-12-22-18(23)2/h3-4,6,8,12,15,19H,5,7,9-11,13-14,16H2,1-2H3. The van der Waals surface area contributed by atoms with Crippen molar-refractivity contribution in [3.63, 3.8) is 0 Å². The minimum Gasteiger partial charge on any atom is -0.342 e. The lowest BCUT2D eigenvalue weighted by molar-refractivity contribution is -0.133. The van der Waals surface area contributed by atoms with Gasteiger partial charge in [0.15, 0.2) is 0 Å². The van der Waals surface area contributed by atoms with E-state index in [1.165, 1.54) is 24.0 Å². The molecule has 1 amide bonds. The molecule has 0 spiro atoms. The second kappa shape index (κ2) is 8.32. The largest absolute Gasteiger partial charge is 0.342 e. The van der Waals surface area contributed by atoms with E-state index in [4.69, 9.17) is 0 Å². The van der Waals surface area contributed by atoms with Crippen molar-refractivity contribution in [2.75, 3.05) is 13.1 Å². The van der Waals surface area contributed by atoms with E-state index in [0.29, 0.717) is 12.3 Å². The molecule has 0 radical (unpaired) electrons. The number of nitrogens with zero attached hydrogens (tertiary/aromatic N) is 3. The molecule has 25 heavy (non-hydrogen) atoms. The van der Waals surface area contributed by atoms with Gasteiger partial charge in [0.2, 0.25) is 5.91 Å². The highest BCUT2D eigenvalue weighted by atomic mass is 16.2. The number of imidazole rings is 1. The van der Waals surface area contributed by atoms with E-state index in [9.17, 15) is 4.79 Å². The Bertz CT molecular complexity index is 707. The summed E-state index contributed by atoms with van der Waals surface area (Å²) < 4.78 is 2.05. The molecular formula is C21H29N3O. The molecule has 0 N–H and O–H groups in total. The van der Waals surface area contributed by atoms with Gasteiger partial charge in [-0.25, -0.2) is 4.98 Å². The van der Waals surface area contributed by atoms with Crippen LogP contribution in [-0.2, 0) is 17.8 Å². The van der Waals surface area contributed by atoms with E-state index >= 15 is 0 Å². The maximum absolute atomic E-state index is 12.6. The number of piperidine rings is 1. The Morgan fingerprint density at radius 2 is 2.12 bits per heavy atom. The van der Waals surface area contributed by atoms with Crippen LogP contribution in [0.1, 0.15) is 42.6 Å². The number of carbonyl (C=O) groups excluding carboxylic acids is 1. The highest BCUT2D eigenvalue weighted by Gasteiger charge is 2.23. The van der Waals surface area contributed by atoms with Crippen LogP contribution in [0.15, 0.2) is 36.7 Å². The number of hydrogen-bond acceptors (Lipinski definition) is 2. The number of aromatic nitrogens is 2. The smallest absolute Gasteiger partial charge is 0.224 e. The van der Waals surface area contributed by atoms with Gasteiger partial charge in [-0.3, -0.25) is 4.79 Å². The van der Waals surface area contributed by atoms with Gasteiger partial charge in [0.1, 0.15) is 5.82 Å². The molecule has 1 saturated heterocycles. The Kier molecular flexibility index (Phi) is 5.90. The summed E-state index contributed by atoms with van der Waals surface area (Å²) in [4.78, 5) is 18.9. The van der Waals surface area contributed by atoms with Crippen molar-refractivity contribution in [1.29, 1.82) is 0 Å². The Morgan fingerprint density at radius 1 is 1.28 bits per heavy atom. The number of rotatable bonds is 6. The first-order valence-electron chi connectivity index (χ1n) is 9.43. The van der Waals surface area contributed by atoms with Gasteiger partial charge in [0.05, 0.1) is 0 Å². The number of benzene rings is 1. The molecular weight excluding hydrogens is 310 g/mol. The summed E-state index contributed by atoms with van der Waals surface area (Å²) in [6, 6.07) is 8.64. The van der Waals surface area contributed by atoms with Gasteiger partial charge < -0.3 is 9.47 Å². The molecule has 2 aromatic rings. The molecule has 4 heteroatoms. The zero-order valence-corrected chi connectivity index (χ0v) is 15.4. The van der Waals surface area contributed by atoms with E-state index in [2.05, 4.69) is 45.6 Å². The summed E-state index contributed by atoms with van der Waals surface area (Å²) in [7, 11) is 0. The lowest BCUT2D eigenvalue weighted by atomic mass is 9.90. The Hall–Kier alpha value is -2.10. The monoisotopic (exact) mass is 339 g/mol. The van der Waals surface area contributed by atoms with Crippen molar-refractivity contribution in [2.24, 2.45) is 5.92 Å². The second-order valence-corrected chi connectivity index (χ2v) is 7.23. The van der Waals surface area contributed by atoms with Crippen LogP contribution in [0.25, 0.3) is 0 Å². The number of carbonyl (C=O) groups is 1. The lowest BCUT2D eigenvalue weighted by Gasteiger charge is -2.33. The third kappa shape index (κ3) is 4.71. The van der Waals surface area contributed by atoms with Gasteiger partial charge in [-0.15, -0.1) is 0 Å². The molecule has 0 saturated carbocycles. The van der Waals surface area contributed by atoms with Crippen LogP contribution >= 0.6 is 0 Å². The normalized spacial score (nSPS) is 17.7. The van der Waals surface area contributed by atoms with Crippen molar-refractivity contribution in [3.8, 4) is 0 Å². The summed E-state index contributed by atoms with van der Waals surface area (Å²) in [6.45, 7) is 6.74. The van der Waals surface area contributed by atoms with Gasteiger partial charge in [0.25, 0.3) is 0 Å². The molecule has 1 aromatic carbocycles. The highest BCUT2D eigenvalue weighted by molar-refractivity contribution is 5.76. The first-order valence-corrected chi connectivity index (χ1v) is 9.43. The fraction of sp³-hybridized carbons (Fsp3) is 0.524. The van der Waals surface area contributed by atoms with Crippen molar-refractivity contribution in [3.05, 3.63) is 53.6 Å². The molecule has 1 aromatic heterocycles. The fourth-order valence-corrected chi connectivity index (χ4v) is 3.79. The average molecular weight is 339 g/mol. The van der Waals surface area contributed by atoms with E-state index in [1.807, 2.05) is 13.1 Å². The summed E-state index contributed by atoms with van der Waals surface area (Å²) in [5.74, 6) is 1.89. The predicted molar refractivity (Wildman–Crippen MR) is 100 cm³/mol. The molecule has 3 rings (SSSR count). The molecule has 2 heterocycles. The van der Waals surface area contributed by atoms with Gasteiger partial charge in [-0.05, 0) is 56.6 Å². The van der Waals surface area contributed by atoms with Crippen molar-refractivity contribution < 1.29 is 4.79 Å². The van der Waals surface area contributed by atoms with Gasteiger partial charge >= 0.3 is 0 Å². The van der Waals surface area contributed by atoms with Crippen molar-refractivity contribution >= 4 is 5.91 Å². The summed E-state index contributed by atoms with van der Waals surface area (Å²) in [5.41, 5.74) is 2.82. The Labute approximate surface area is 150 Å². The molecule has 1 aliphatic rings. The summed E-state index contributed by atoms with van der Waals surface area (Å²) >= 11 is 0. The minimum absolute atomic E-state index is 0.286. The molecule has 1 aliphatic heterocycles. The average Bonchev–Trinajstić information content (AvgIpc) is 3.04. The third-order valence-electron chi connectivity index (χ3n) is 5.45. The van der Waals surface area contributed by atoms with E-state index < -0.39 is 0 Å². The van der Waals surface area contributed by atoms with Gasteiger partial charge in [-0.1, -0.05) is 24.3 Å². The summed E-state index contributed by atoms with van der Waals surface area (Å²) in [6.07, 6.45) is 8.99. The molecule has 1 atom stereocenters. The first-order chi connectivity index (χ1) is 12.1. The van der Waals surface area contributed by atoms with Crippen LogP contribution in [0.2, 0.25) is 0 Å². The molecule has 134 valence electrons. The van der Waals surface area contributed by atoms with Crippen LogP contribution in [0, 0.1) is 19.8 Å². The highest BCUT2D eigenvalue weighted by Crippen LogP contribution is 2.23. The molecule has 0 aliphatic carbocycles. The van der Waals surface area contributed by atoms with Crippen LogP contribution in [-0.4, -0.2) is 33.4 Å². The van der Waals surface area contributed by atoms with Crippen molar-refractivity contribution in [1.82, 2.24) is 14.5 Å². The van der Waals surface area contributed by atoms with Crippen LogP contribution in [0.3, 0.4) is 0 Å². The number of hydrogen-bond donors (Lipinski definition) is 0. The molecule has 1 fully saturated rings. The SMILES string of the molecule is Cc1ccccc1CCC1CCCN(C(=O)CCn2ccnc2C)C1. The topological polar surface area (TPSA) is 38.1 Å². The zero-order valence-electron chi connectivity index (χ0n) is 15.4. The maximum atomic E-state index is 12.6. The zero-order chi connectivity index (χ0) is 17.6. The molecule has 1 unspecified atom stereocenters. The third-order valence-corrected chi connectivity index (χ3v) is 5.45. The van der Waals surface area contributed by atoms with Crippen LogP contribution in [0.4, 0.5) is 0 Å². The van der Waals surface area contributed by atoms with Gasteiger partial charge in [0, 0.05) is 38.4 Å². The fourth-order valence-electron chi connectivity index (χ4n) is 3.79. The van der Waals surface area contributed by atoms with Crippen molar-refractivity contribution in [2.45, 2.75) is 52.5 Å². The number of amides is 1.